The lowest BCUT2D eigenvalue weighted by molar-refractivity contribution is 0.143. The maximum absolute atomic E-state index is 5.64. The monoisotopic (exact) mass is 491 g/mol. The van der Waals surface area contributed by atoms with Gasteiger partial charge in [0, 0.05) is 43.5 Å². The van der Waals surface area contributed by atoms with Gasteiger partial charge < -0.3 is 20.1 Å². The van der Waals surface area contributed by atoms with Crippen LogP contribution in [0.5, 0.6) is 5.88 Å². The summed E-state index contributed by atoms with van der Waals surface area (Å²) in [4.78, 5) is 14.2. The highest BCUT2D eigenvalue weighted by atomic mass is 127. The Kier molecular flexibility index (Phi) is 11.1. The van der Waals surface area contributed by atoms with E-state index in [0.29, 0.717) is 38.1 Å². The van der Waals surface area contributed by atoms with Gasteiger partial charge in [0.15, 0.2) is 5.96 Å². The van der Waals surface area contributed by atoms with Gasteiger partial charge in [-0.2, -0.15) is 0 Å². The standard InChI is InChI=1S/C17H25N5O2S.HI/c1-4-14-11-20-15(25-14)12-22-17(18-2)21-10-13-6-5-7-19-16(13)24-9-8-23-3;/h5-7,11H,4,8-10,12H2,1-3H3,(H2,18,21,22);1H. The Labute approximate surface area is 175 Å². The number of hydrogen-bond acceptors (Lipinski definition) is 6. The van der Waals surface area contributed by atoms with Crippen LogP contribution in [0.1, 0.15) is 22.4 Å². The van der Waals surface area contributed by atoms with Crippen LogP contribution >= 0.6 is 35.3 Å². The summed E-state index contributed by atoms with van der Waals surface area (Å²) in [6, 6.07) is 3.86. The largest absolute Gasteiger partial charge is 0.475 e. The molecule has 0 atom stereocenters. The summed E-state index contributed by atoms with van der Waals surface area (Å²) in [5, 5.41) is 7.59. The molecule has 26 heavy (non-hydrogen) atoms. The summed E-state index contributed by atoms with van der Waals surface area (Å²) in [5.41, 5.74) is 0.962. The van der Waals surface area contributed by atoms with E-state index in [4.69, 9.17) is 9.47 Å². The number of nitrogens with one attached hydrogen (secondary N) is 2. The number of rotatable bonds is 9. The fraction of sp³-hybridized carbons (Fsp3) is 0.471. The number of guanidine groups is 1. The summed E-state index contributed by atoms with van der Waals surface area (Å²) in [6.07, 6.45) is 4.65. The van der Waals surface area contributed by atoms with Crippen LogP contribution < -0.4 is 15.4 Å². The topological polar surface area (TPSA) is 80.7 Å². The lowest BCUT2D eigenvalue weighted by Gasteiger charge is -2.13. The van der Waals surface area contributed by atoms with Gasteiger partial charge in [0.25, 0.3) is 0 Å². The maximum Gasteiger partial charge on any atom is 0.218 e. The van der Waals surface area contributed by atoms with E-state index >= 15 is 0 Å². The van der Waals surface area contributed by atoms with E-state index in [1.807, 2.05) is 18.3 Å². The molecule has 0 saturated carbocycles. The Morgan fingerprint density at radius 1 is 1.23 bits per heavy atom. The summed E-state index contributed by atoms with van der Waals surface area (Å²) in [6.45, 7) is 4.34. The molecule has 0 bridgehead atoms. The van der Waals surface area contributed by atoms with Crippen molar-refractivity contribution in [1.82, 2.24) is 20.6 Å². The average Bonchev–Trinajstić information content (AvgIpc) is 3.11. The van der Waals surface area contributed by atoms with Crippen molar-refractivity contribution in [1.29, 1.82) is 0 Å². The lowest BCUT2D eigenvalue weighted by Crippen LogP contribution is -2.36. The van der Waals surface area contributed by atoms with E-state index in [0.717, 1.165) is 17.0 Å². The first kappa shape index (κ1) is 22.6. The first-order chi connectivity index (χ1) is 12.3. The van der Waals surface area contributed by atoms with Gasteiger partial charge in [-0.1, -0.05) is 13.0 Å². The van der Waals surface area contributed by atoms with Crippen molar-refractivity contribution in [3.63, 3.8) is 0 Å². The zero-order valence-electron chi connectivity index (χ0n) is 15.3. The van der Waals surface area contributed by atoms with E-state index < -0.39 is 0 Å². The van der Waals surface area contributed by atoms with Gasteiger partial charge in [0.1, 0.15) is 11.6 Å². The van der Waals surface area contributed by atoms with Crippen LogP contribution in [0.2, 0.25) is 0 Å². The number of aromatic nitrogens is 2. The zero-order chi connectivity index (χ0) is 17.9. The van der Waals surface area contributed by atoms with Crippen LogP contribution in [0, 0.1) is 0 Å². The normalized spacial score (nSPS) is 11.0. The summed E-state index contributed by atoms with van der Waals surface area (Å²) >= 11 is 1.72. The maximum atomic E-state index is 5.64. The van der Waals surface area contributed by atoms with Crippen LogP contribution in [-0.2, 0) is 24.2 Å². The number of methoxy groups -OCH3 is 1. The first-order valence-electron chi connectivity index (χ1n) is 8.20. The van der Waals surface area contributed by atoms with Crippen molar-refractivity contribution in [3.8, 4) is 5.88 Å². The summed E-state index contributed by atoms with van der Waals surface area (Å²) in [5.74, 6) is 1.31. The number of halogens is 1. The second kappa shape index (κ2) is 12.8. The molecule has 0 aliphatic heterocycles. The number of thiazole rings is 1. The van der Waals surface area contributed by atoms with Gasteiger partial charge in [-0.3, -0.25) is 4.99 Å². The minimum Gasteiger partial charge on any atom is -0.475 e. The van der Waals surface area contributed by atoms with Gasteiger partial charge in [0.05, 0.1) is 13.2 Å². The quantitative estimate of drug-likeness (QED) is 0.243. The molecule has 2 aromatic heterocycles. The van der Waals surface area contributed by atoms with E-state index in [2.05, 4.69) is 32.5 Å². The minimum absolute atomic E-state index is 0. The Morgan fingerprint density at radius 2 is 2.04 bits per heavy atom. The molecule has 0 spiro atoms. The van der Waals surface area contributed by atoms with E-state index in [-0.39, 0.29) is 24.0 Å². The number of aryl methyl sites for hydroxylation is 1. The van der Waals surface area contributed by atoms with Crippen molar-refractivity contribution in [2.75, 3.05) is 27.4 Å². The Morgan fingerprint density at radius 3 is 2.73 bits per heavy atom. The van der Waals surface area contributed by atoms with E-state index in [1.165, 1.54) is 4.88 Å². The molecule has 0 radical (unpaired) electrons. The highest BCUT2D eigenvalue weighted by Crippen LogP contribution is 2.14. The number of ether oxygens (including phenoxy) is 2. The number of nitrogens with zero attached hydrogens (tertiary/aromatic N) is 3. The number of aliphatic imine (C=N–C) groups is 1. The molecule has 0 unspecified atom stereocenters. The predicted molar refractivity (Wildman–Crippen MR) is 116 cm³/mol. The smallest absolute Gasteiger partial charge is 0.218 e. The third-order valence-corrected chi connectivity index (χ3v) is 4.54. The molecule has 2 aromatic rings. The average molecular weight is 491 g/mol. The van der Waals surface area contributed by atoms with Crippen LogP contribution in [0.3, 0.4) is 0 Å². The van der Waals surface area contributed by atoms with Crippen LogP contribution in [-0.4, -0.2) is 43.3 Å². The first-order valence-corrected chi connectivity index (χ1v) is 9.02. The number of pyridine rings is 1. The molecule has 2 rings (SSSR count). The second-order valence-corrected chi connectivity index (χ2v) is 6.36. The molecule has 0 amide bonds. The molecule has 0 fully saturated rings. The third-order valence-electron chi connectivity index (χ3n) is 3.40. The molecular formula is C17H26IN5O2S. The third kappa shape index (κ3) is 7.42. The van der Waals surface area contributed by atoms with Crippen molar-refractivity contribution in [3.05, 3.63) is 40.0 Å². The Bertz CT molecular complexity index is 681. The van der Waals surface area contributed by atoms with Crippen molar-refractivity contribution in [2.45, 2.75) is 26.4 Å². The molecule has 0 aliphatic carbocycles. The molecule has 2 N–H and O–H groups in total. The number of hydrogen-bond donors (Lipinski definition) is 2. The SMILES string of the molecule is CCc1cnc(CNC(=NC)NCc2cccnc2OCCOC)s1.I. The minimum atomic E-state index is 0. The molecule has 0 aromatic carbocycles. The molecule has 7 nitrogen and oxygen atoms in total. The summed E-state index contributed by atoms with van der Waals surface area (Å²) in [7, 11) is 3.39. The molecule has 144 valence electrons. The van der Waals surface area contributed by atoms with Crippen LogP contribution in [0.15, 0.2) is 29.5 Å². The Balaban J connectivity index is 0.00000338. The van der Waals surface area contributed by atoms with Gasteiger partial charge in [-0.25, -0.2) is 9.97 Å². The highest BCUT2D eigenvalue weighted by Gasteiger charge is 2.07. The van der Waals surface area contributed by atoms with E-state index in [9.17, 15) is 0 Å². The molecular weight excluding hydrogens is 465 g/mol. The fourth-order valence-corrected chi connectivity index (χ4v) is 2.86. The fourth-order valence-electron chi connectivity index (χ4n) is 2.06. The zero-order valence-corrected chi connectivity index (χ0v) is 18.5. The molecule has 0 aliphatic rings. The second-order valence-electron chi connectivity index (χ2n) is 5.16. The van der Waals surface area contributed by atoms with Crippen molar-refractivity contribution in [2.24, 2.45) is 4.99 Å². The van der Waals surface area contributed by atoms with Crippen LogP contribution in [0.25, 0.3) is 0 Å². The summed E-state index contributed by atoms with van der Waals surface area (Å²) < 4.78 is 10.6. The Hall–Kier alpha value is -1.46. The highest BCUT2D eigenvalue weighted by molar-refractivity contribution is 14.0. The van der Waals surface area contributed by atoms with Crippen molar-refractivity contribution < 1.29 is 9.47 Å². The van der Waals surface area contributed by atoms with Gasteiger partial charge in [-0.05, 0) is 12.5 Å². The molecule has 9 heteroatoms. The predicted octanol–water partition coefficient (Wildman–Crippen LogP) is 2.61. The van der Waals surface area contributed by atoms with Crippen LogP contribution in [0.4, 0.5) is 0 Å². The van der Waals surface area contributed by atoms with E-state index in [1.54, 1.807) is 31.7 Å². The van der Waals surface area contributed by atoms with Crippen molar-refractivity contribution >= 4 is 41.3 Å². The lowest BCUT2D eigenvalue weighted by atomic mass is 10.2. The van der Waals surface area contributed by atoms with Gasteiger partial charge in [-0.15, -0.1) is 35.3 Å². The van der Waals surface area contributed by atoms with Gasteiger partial charge in [0.2, 0.25) is 5.88 Å². The molecule has 2 heterocycles. The molecule has 0 saturated heterocycles. The van der Waals surface area contributed by atoms with Gasteiger partial charge >= 0.3 is 0 Å².